The van der Waals surface area contributed by atoms with E-state index >= 15 is 0 Å². The summed E-state index contributed by atoms with van der Waals surface area (Å²) in [5, 5.41) is 3.33. The van der Waals surface area contributed by atoms with Gasteiger partial charge >= 0.3 is 0 Å². The molecule has 1 unspecified atom stereocenters. The van der Waals surface area contributed by atoms with Crippen LogP contribution in [-0.2, 0) is 6.42 Å². The summed E-state index contributed by atoms with van der Waals surface area (Å²) in [5.41, 5.74) is 8.49. The van der Waals surface area contributed by atoms with Gasteiger partial charge in [-0.15, -0.1) is 11.3 Å². The molecule has 0 saturated carbocycles. The zero-order valence-corrected chi connectivity index (χ0v) is 10.9. The molecular weight excluding hydrogens is 228 g/mol. The number of nitrogens with zero attached hydrogens (tertiary/aromatic N) is 1. The van der Waals surface area contributed by atoms with E-state index < -0.39 is 0 Å². The summed E-state index contributed by atoms with van der Waals surface area (Å²) in [6.45, 7) is 2.04. The highest BCUT2D eigenvalue weighted by Crippen LogP contribution is 2.18. The van der Waals surface area contributed by atoms with Gasteiger partial charge in [-0.1, -0.05) is 30.3 Å². The molecule has 90 valence electrons. The third-order valence-corrected chi connectivity index (χ3v) is 3.83. The number of hydrogen-bond donors (Lipinski definition) is 1. The van der Waals surface area contributed by atoms with Gasteiger partial charge in [-0.2, -0.15) is 0 Å². The Morgan fingerprint density at radius 2 is 2.06 bits per heavy atom. The van der Waals surface area contributed by atoms with Crippen LogP contribution < -0.4 is 5.73 Å². The van der Waals surface area contributed by atoms with Gasteiger partial charge in [-0.05, 0) is 31.7 Å². The molecule has 0 aliphatic rings. The number of nitrogens with two attached hydrogens (primary N) is 1. The van der Waals surface area contributed by atoms with Crippen molar-refractivity contribution < 1.29 is 0 Å². The van der Waals surface area contributed by atoms with Crippen molar-refractivity contribution in [3.8, 4) is 0 Å². The molecule has 17 heavy (non-hydrogen) atoms. The minimum Gasteiger partial charge on any atom is -0.324 e. The van der Waals surface area contributed by atoms with Crippen LogP contribution in [0.15, 0.2) is 35.7 Å². The lowest BCUT2D eigenvalue weighted by atomic mass is 10.0. The molecule has 0 bridgehead atoms. The van der Waals surface area contributed by atoms with Crippen LogP contribution >= 0.6 is 11.3 Å². The van der Waals surface area contributed by atoms with E-state index in [1.54, 1.807) is 11.3 Å². The Hall–Kier alpha value is -1.19. The SMILES string of the molecule is Cc1csc(CCCC(N)c2ccccc2)n1. The van der Waals surface area contributed by atoms with Gasteiger partial charge in [0.25, 0.3) is 0 Å². The van der Waals surface area contributed by atoms with Gasteiger partial charge in [0.05, 0.1) is 5.01 Å². The predicted molar refractivity (Wildman–Crippen MR) is 73.2 cm³/mol. The van der Waals surface area contributed by atoms with Crippen LogP contribution in [0, 0.1) is 6.92 Å². The van der Waals surface area contributed by atoms with Crippen LogP contribution in [0.5, 0.6) is 0 Å². The average molecular weight is 246 g/mol. The van der Waals surface area contributed by atoms with E-state index in [-0.39, 0.29) is 6.04 Å². The fraction of sp³-hybridized carbons (Fsp3) is 0.357. The first-order chi connectivity index (χ1) is 8.25. The molecule has 2 nitrogen and oxygen atoms in total. The van der Waals surface area contributed by atoms with Crippen LogP contribution in [-0.4, -0.2) is 4.98 Å². The van der Waals surface area contributed by atoms with Crippen molar-refractivity contribution in [2.45, 2.75) is 32.2 Å². The third-order valence-electron chi connectivity index (χ3n) is 2.80. The number of benzene rings is 1. The molecule has 2 rings (SSSR count). The summed E-state index contributed by atoms with van der Waals surface area (Å²) in [7, 11) is 0. The number of aromatic nitrogens is 1. The maximum atomic E-state index is 6.15. The fourth-order valence-electron chi connectivity index (χ4n) is 1.86. The first kappa shape index (κ1) is 12.3. The maximum absolute atomic E-state index is 6.15. The summed E-state index contributed by atoms with van der Waals surface area (Å²) in [5.74, 6) is 0. The molecule has 0 spiro atoms. The van der Waals surface area contributed by atoms with Crippen LogP contribution in [0.3, 0.4) is 0 Å². The number of hydrogen-bond acceptors (Lipinski definition) is 3. The monoisotopic (exact) mass is 246 g/mol. The van der Waals surface area contributed by atoms with Crippen molar-refractivity contribution in [2.24, 2.45) is 5.73 Å². The Bertz CT molecular complexity index is 450. The van der Waals surface area contributed by atoms with Gasteiger partial charge in [0, 0.05) is 17.1 Å². The van der Waals surface area contributed by atoms with Crippen molar-refractivity contribution in [1.82, 2.24) is 4.98 Å². The largest absolute Gasteiger partial charge is 0.324 e. The summed E-state index contributed by atoms with van der Waals surface area (Å²) < 4.78 is 0. The number of thiazole rings is 1. The molecule has 3 heteroatoms. The zero-order valence-electron chi connectivity index (χ0n) is 10.1. The standard InChI is InChI=1S/C14H18N2S/c1-11-10-17-14(16-11)9-5-8-13(15)12-6-3-2-4-7-12/h2-4,6-7,10,13H,5,8-9,15H2,1H3. The van der Waals surface area contributed by atoms with Gasteiger partial charge in [0.1, 0.15) is 0 Å². The van der Waals surface area contributed by atoms with Crippen molar-refractivity contribution >= 4 is 11.3 Å². The lowest BCUT2D eigenvalue weighted by Crippen LogP contribution is -2.10. The summed E-state index contributed by atoms with van der Waals surface area (Å²) >= 11 is 1.75. The van der Waals surface area contributed by atoms with E-state index in [1.807, 2.05) is 25.1 Å². The van der Waals surface area contributed by atoms with E-state index in [0.717, 1.165) is 25.0 Å². The number of aryl methyl sites for hydroxylation is 2. The molecule has 2 aromatic rings. The number of rotatable bonds is 5. The van der Waals surface area contributed by atoms with Crippen molar-refractivity contribution in [3.63, 3.8) is 0 Å². The van der Waals surface area contributed by atoms with Crippen LogP contribution in [0.2, 0.25) is 0 Å². The second-order valence-electron chi connectivity index (χ2n) is 4.29. The lowest BCUT2D eigenvalue weighted by molar-refractivity contribution is 0.610. The van der Waals surface area contributed by atoms with Gasteiger partial charge in [0.15, 0.2) is 0 Å². The van der Waals surface area contributed by atoms with Gasteiger partial charge in [0.2, 0.25) is 0 Å². The Morgan fingerprint density at radius 1 is 1.29 bits per heavy atom. The quantitative estimate of drug-likeness (QED) is 0.877. The van der Waals surface area contributed by atoms with E-state index in [4.69, 9.17) is 5.73 Å². The normalized spacial score (nSPS) is 12.6. The topological polar surface area (TPSA) is 38.9 Å². The maximum Gasteiger partial charge on any atom is 0.0928 e. The highest BCUT2D eigenvalue weighted by molar-refractivity contribution is 7.09. The van der Waals surface area contributed by atoms with E-state index in [2.05, 4.69) is 22.5 Å². The molecule has 0 radical (unpaired) electrons. The highest BCUT2D eigenvalue weighted by atomic mass is 32.1. The Kier molecular flexibility index (Phi) is 4.29. The Balaban J connectivity index is 1.79. The first-order valence-electron chi connectivity index (χ1n) is 5.97. The molecule has 1 atom stereocenters. The van der Waals surface area contributed by atoms with Crippen molar-refractivity contribution in [2.75, 3.05) is 0 Å². The third kappa shape index (κ3) is 3.65. The van der Waals surface area contributed by atoms with Crippen LogP contribution in [0.1, 0.15) is 35.1 Å². The second kappa shape index (κ2) is 5.94. The predicted octanol–water partition coefficient (Wildman–Crippen LogP) is 3.47. The summed E-state index contributed by atoms with van der Waals surface area (Å²) in [6.07, 6.45) is 3.16. The van der Waals surface area contributed by atoms with Crippen molar-refractivity contribution in [1.29, 1.82) is 0 Å². The summed E-state index contributed by atoms with van der Waals surface area (Å²) in [4.78, 5) is 4.46. The van der Waals surface area contributed by atoms with Crippen LogP contribution in [0.25, 0.3) is 0 Å². The zero-order chi connectivity index (χ0) is 12.1. The lowest BCUT2D eigenvalue weighted by Gasteiger charge is -2.10. The minimum atomic E-state index is 0.150. The molecule has 2 N–H and O–H groups in total. The minimum absolute atomic E-state index is 0.150. The average Bonchev–Trinajstić information content (AvgIpc) is 2.76. The molecule has 0 saturated heterocycles. The first-order valence-corrected chi connectivity index (χ1v) is 6.85. The molecule has 0 aliphatic carbocycles. The second-order valence-corrected chi connectivity index (χ2v) is 5.23. The molecule has 1 heterocycles. The molecule has 0 fully saturated rings. The van der Waals surface area contributed by atoms with Crippen LogP contribution in [0.4, 0.5) is 0 Å². The summed E-state index contributed by atoms with van der Waals surface area (Å²) in [6, 6.07) is 10.4. The Labute approximate surface area is 107 Å². The fourth-order valence-corrected chi connectivity index (χ4v) is 2.68. The van der Waals surface area contributed by atoms with Gasteiger partial charge in [-0.3, -0.25) is 0 Å². The molecule has 1 aromatic carbocycles. The molecule has 1 aromatic heterocycles. The van der Waals surface area contributed by atoms with E-state index in [0.29, 0.717) is 0 Å². The Morgan fingerprint density at radius 3 is 2.71 bits per heavy atom. The molecular formula is C14H18N2S. The smallest absolute Gasteiger partial charge is 0.0928 e. The van der Waals surface area contributed by atoms with Gasteiger partial charge < -0.3 is 5.73 Å². The highest BCUT2D eigenvalue weighted by Gasteiger charge is 2.06. The molecule has 0 aliphatic heterocycles. The van der Waals surface area contributed by atoms with E-state index in [1.165, 1.54) is 10.6 Å². The molecule has 0 amide bonds. The van der Waals surface area contributed by atoms with Crippen molar-refractivity contribution in [3.05, 3.63) is 52.0 Å². The van der Waals surface area contributed by atoms with E-state index in [9.17, 15) is 0 Å². The van der Waals surface area contributed by atoms with Gasteiger partial charge in [-0.25, -0.2) is 4.98 Å².